The van der Waals surface area contributed by atoms with Gasteiger partial charge in [0.2, 0.25) is 5.82 Å². The minimum Gasteiger partial charge on any atom is -0.377 e. The Bertz CT molecular complexity index is 1390. The van der Waals surface area contributed by atoms with Crippen molar-refractivity contribution in [1.29, 1.82) is 0 Å². The van der Waals surface area contributed by atoms with Crippen LogP contribution in [-0.2, 0) is 22.7 Å². The molecule has 0 aliphatic carbocycles. The van der Waals surface area contributed by atoms with E-state index in [1.807, 2.05) is 71.0 Å². The summed E-state index contributed by atoms with van der Waals surface area (Å²) < 4.78 is 25.5. The average molecular weight is 613 g/mol. The highest BCUT2D eigenvalue weighted by Gasteiger charge is 2.46. The Morgan fingerprint density at radius 1 is 1.12 bits per heavy atom. The minimum absolute atomic E-state index is 0.102. The second-order valence-corrected chi connectivity index (χ2v) is 11.1. The fourth-order valence-corrected chi connectivity index (χ4v) is 5.90. The zero-order chi connectivity index (χ0) is 31.6. The third-order valence-electron chi connectivity index (χ3n) is 7.51. The molecule has 2 aromatic carbocycles. The Morgan fingerprint density at radius 3 is 2.49 bits per heavy atom. The van der Waals surface area contributed by atoms with Crippen LogP contribution in [-0.4, -0.2) is 45.8 Å². The molecule has 2 heterocycles. The lowest BCUT2D eigenvalue weighted by Gasteiger charge is -2.25. The van der Waals surface area contributed by atoms with Crippen molar-refractivity contribution in [3.8, 4) is 11.1 Å². The number of benzene rings is 2. The number of anilines is 1. The second kappa shape index (κ2) is 16.0. The first-order valence-electron chi connectivity index (χ1n) is 15.1. The molecular formula is C33H45FN4O4S. The van der Waals surface area contributed by atoms with Crippen LogP contribution in [0.1, 0.15) is 82.8 Å². The SMILES string of the molecule is CC.CCCC1=NC(CC)(CCF)C(=O)N1Cc1ccc(-c2ccccc2SN(O)c2noc(C)c2C)c(COCC)c1. The highest BCUT2D eigenvalue weighted by Crippen LogP contribution is 2.38. The van der Waals surface area contributed by atoms with Gasteiger partial charge in [0.05, 0.1) is 19.8 Å². The number of nitrogens with zero attached hydrogens (tertiary/aromatic N) is 4. The van der Waals surface area contributed by atoms with Crippen molar-refractivity contribution in [1.82, 2.24) is 10.1 Å². The summed E-state index contributed by atoms with van der Waals surface area (Å²) in [4.78, 5) is 20.9. The van der Waals surface area contributed by atoms with Crippen molar-refractivity contribution < 1.29 is 23.7 Å². The number of hydrogen-bond donors (Lipinski definition) is 1. The smallest absolute Gasteiger partial charge is 0.256 e. The lowest BCUT2D eigenvalue weighted by Crippen LogP contribution is -2.42. The number of aryl methyl sites for hydroxylation is 1. The molecule has 1 unspecified atom stereocenters. The van der Waals surface area contributed by atoms with Gasteiger partial charge in [0.1, 0.15) is 17.1 Å². The Hall–Kier alpha value is -3.21. The molecule has 0 saturated carbocycles. The van der Waals surface area contributed by atoms with Crippen LogP contribution < -0.4 is 4.47 Å². The minimum atomic E-state index is -1.01. The highest BCUT2D eigenvalue weighted by atomic mass is 32.2. The lowest BCUT2D eigenvalue weighted by atomic mass is 9.92. The van der Waals surface area contributed by atoms with E-state index >= 15 is 0 Å². The molecule has 10 heteroatoms. The van der Waals surface area contributed by atoms with E-state index in [2.05, 4.69) is 18.1 Å². The fraction of sp³-hybridized carbons (Fsp3) is 0.485. The summed E-state index contributed by atoms with van der Waals surface area (Å²) in [5, 5.41) is 14.8. The van der Waals surface area contributed by atoms with Crippen LogP contribution in [0.2, 0.25) is 0 Å². The quantitative estimate of drug-likeness (QED) is 0.144. The first-order chi connectivity index (χ1) is 20.8. The van der Waals surface area contributed by atoms with Crippen molar-refractivity contribution in [2.45, 2.75) is 97.7 Å². The molecule has 1 aliphatic rings. The molecule has 8 nitrogen and oxygen atoms in total. The standard InChI is InChI=1S/C31H39FN4O4S.C2H6/c1-6-11-28-33-31(7-2,16-17-32)30(37)35(28)19-23-14-15-25(24(18-23)20-39-8-3)26-12-9-10-13-27(26)41-36(38)29-21(4)22(5)40-34-29;1-2/h9-10,12-15,18,38H,6-8,11,16-17,19-20H2,1-5H3;1-2H3. The van der Waals surface area contributed by atoms with E-state index in [4.69, 9.17) is 14.3 Å². The van der Waals surface area contributed by atoms with Gasteiger partial charge in [-0.15, -0.1) is 0 Å². The molecule has 0 radical (unpaired) electrons. The lowest BCUT2D eigenvalue weighted by molar-refractivity contribution is -0.132. The molecule has 1 aromatic heterocycles. The zero-order valence-corrected chi connectivity index (χ0v) is 27.3. The van der Waals surface area contributed by atoms with Crippen molar-refractivity contribution >= 4 is 29.5 Å². The summed E-state index contributed by atoms with van der Waals surface area (Å²) in [5.41, 5.74) is 3.54. The largest absolute Gasteiger partial charge is 0.377 e. The van der Waals surface area contributed by atoms with E-state index in [-0.39, 0.29) is 12.3 Å². The number of amidine groups is 1. The first-order valence-corrected chi connectivity index (χ1v) is 15.9. The number of hydrogen-bond acceptors (Lipinski definition) is 8. The summed E-state index contributed by atoms with van der Waals surface area (Å²) in [6.07, 6.45) is 2.08. The first kappa shape index (κ1) is 34.3. The molecule has 4 rings (SSSR count). The number of amides is 1. The van der Waals surface area contributed by atoms with Gasteiger partial charge in [0.15, 0.2) is 0 Å². The van der Waals surface area contributed by atoms with Crippen LogP contribution in [0.3, 0.4) is 0 Å². The van der Waals surface area contributed by atoms with Crippen LogP contribution in [0.5, 0.6) is 0 Å². The van der Waals surface area contributed by atoms with E-state index in [1.54, 1.807) is 11.8 Å². The summed E-state index contributed by atoms with van der Waals surface area (Å²) in [5.74, 6) is 1.60. The third-order valence-corrected chi connectivity index (χ3v) is 8.41. The van der Waals surface area contributed by atoms with Crippen LogP contribution in [0, 0.1) is 13.8 Å². The van der Waals surface area contributed by atoms with Gasteiger partial charge in [0, 0.05) is 41.9 Å². The van der Waals surface area contributed by atoms with Gasteiger partial charge in [-0.1, -0.05) is 69.2 Å². The summed E-state index contributed by atoms with van der Waals surface area (Å²) in [7, 11) is 0. The monoisotopic (exact) mass is 612 g/mol. The van der Waals surface area contributed by atoms with E-state index in [0.29, 0.717) is 44.2 Å². The predicted molar refractivity (Wildman–Crippen MR) is 171 cm³/mol. The van der Waals surface area contributed by atoms with Gasteiger partial charge in [0.25, 0.3) is 5.91 Å². The van der Waals surface area contributed by atoms with E-state index in [0.717, 1.165) is 61.4 Å². The van der Waals surface area contributed by atoms with Crippen LogP contribution >= 0.6 is 11.9 Å². The number of aromatic nitrogens is 1. The van der Waals surface area contributed by atoms with Gasteiger partial charge in [-0.3, -0.25) is 24.3 Å². The van der Waals surface area contributed by atoms with Gasteiger partial charge >= 0.3 is 0 Å². The van der Waals surface area contributed by atoms with Crippen LogP contribution in [0.4, 0.5) is 10.2 Å². The number of ether oxygens (including phenoxy) is 1. The van der Waals surface area contributed by atoms with Crippen LogP contribution in [0.15, 0.2) is 56.9 Å². The van der Waals surface area contributed by atoms with Crippen molar-refractivity contribution in [3.63, 3.8) is 0 Å². The number of carbonyl (C=O) groups is 1. The topological polar surface area (TPSA) is 91.4 Å². The highest BCUT2D eigenvalue weighted by molar-refractivity contribution is 8.00. The maximum absolute atomic E-state index is 13.6. The van der Waals surface area contributed by atoms with E-state index in [9.17, 15) is 14.4 Å². The Kier molecular flexibility index (Phi) is 12.8. The van der Waals surface area contributed by atoms with Crippen molar-refractivity contribution in [2.24, 2.45) is 4.99 Å². The van der Waals surface area contributed by atoms with Gasteiger partial charge in [-0.05, 0) is 61.9 Å². The number of aliphatic imine (C=N–C) groups is 1. The summed E-state index contributed by atoms with van der Waals surface area (Å²) in [6.45, 7) is 14.3. The number of rotatable bonds is 14. The molecule has 43 heavy (non-hydrogen) atoms. The second-order valence-electron chi connectivity index (χ2n) is 10.2. The Labute approximate surface area is 259 Å². The summed E-state index contributed by atoms with van der Waals surface area (Å²) >= 11 is 1.15. The van der Waals surface area contributed by atoms with Gasteiger partial charge in [-0.2, -0.15) is 4.47 Å². The molecule has 0 bridgehead atoms. The molecule has 1 aliphatic heterocycles. The molecule has 1 amide bonds. The third kappa shape index (κ3) is 7.66. The average Bonchev–Trinajstić information content (AvgIpc) is 3.49. The number of alkyl halides is 1. The molecule has 1 N–H and O–H groups in total. The summed E-state index contributed by atoms with van der Waals surface area (Å²) in [6, 6.07) is 13.9. The molecular weight excluding hydrogens is 567 g/mol. The zero-order valence-electron chi connectivity index (χ0n) is 26.4. The van der Waals surface area contributed by atoms with E-state index < -0.39 is 12.2 Å². The number of carbonyl (C=O) groups excluding carboxylic acids is 1. The molecule has 234 valence electrons. The Balaban J connectivity index is 0.00000248. The molecule has 0 spiro atoms. The predicted octanol–water partition coefficient (Wildman–Crippen LogP) is 8.47. The maximum Gasteiger partial charge on any atom is 0.256 e. The van der Waals surface area contributed by atoms with E-state index in [1.165, 1.54) is 0 Å². The molecule has 0 fully saturated rings. The fourth-order valence-electron chi connectivity index (χ4n) is 5.04. The Morgan fingerprint density at radius 2 is 1.86 bits per heavy atom. The molecule has 1 atom stereocenters. The molecule has 0 saturated heterocycles. The molecule has 3 aromatic rings. The van der Waals surface area contributed by atoms with Gasteiger partial charge < -0.3 is 9.26 Å². The van der Waals surface area contributed by atoms with Crippen molar-refractivity contribution in [3.05, 3.63) is 64.9 Å². The van der Waals surface area contributed by atoms with Crippen LogP contribution in [0.25, 0.3) is 11.1 Å². The normalized spacial score (nSPS) is 16.3. The van der Waals surface area contributed by atoms with Gasteiger partial charge in [-0.25, -0.2) is 0 Å². The number of halogens is 1. The maximum atomic E-state index is 13.6. The van der Waals surface area contributed by atoms with Crippen molar-refractivity contribution in [2.75, 3.05) is 17.7 Å².